The number of ether oxygens (including phenoxy) is 2. The van der Waals surface area contributed by atoms with E-state index < -0.39 is 11.9 Å². The lowest BCUT2D eigenvalue weighted by atomic mass is 10.1. The van der Waals surface area contributed by atoms with Crippen LogP contribution in [0.5, 0.6) is 11.5 Å². The van der Waals surface area contributed by atoms with Gasteiger partial charge in [-0.25, -0.2) is 4.79 Å². The SMILES string of the molecule is CC(=O)Oc1ccccc1C(=O)O.COc1ccc2[nH]cc(CCNC(C)=O)c2c1. The quantitative estimate of drug-likeness (QED) is 0.423. The van der Waals surface area contributed by atoms with Gasteiger partial charge in [-0.2, -0.15) is 0 Å². The van der Waals surface area contributed by atoms with E-state index in [-0.39, 0.29) is 17.2 Å². The summed E-state index contributed by atoms with van der Waals surface area (Å²) in [4.78, 5) is 35.2. The number of hydrogen-bond donors (Lipinski definition) is 3. The molecule has 0 unspecified atom stereocenters. The van der Waals surface area contributed by atoms with Crippen LogP contribution in [0, 0.1) is 0 Å². The van der Waals surface area contributed by atoms with E-state index in [0.717, 1.165) is 23.1 Å². The van der Waals surface area contributed by atoms with Crippen LogP contribution in [0.4, 0.5) is 0 Å². The highest BCUT2D eigenvalue weighted by Crippen LogP contribution is 2.23. The Kier molecular flexibility index (Phi) is 7.99. The van der Waals surface area contributed by atoms with Crippen LogP contribution in [-0.4, -0.2) is 41.6 Å². The number of aromatic amines is 1. The fraction of sp³-hybridized carbons (Fsp3) is 0.227. The summed E-state index contributed by atoms with van der Waals surface area (Å²) in [6, 6.07) is 11.9. The highest BCUT2D eigenvalue weighted by Gasteiger charge is 2.11. The van der Waals surface area contributed by atoms with Crippen molar-refractivity contribution in [1.29, 1.82) is 0 Å². The number of H-pyrrole nitrogens is 1. The average molecular weight is 412 g/mol. The Bertz CT molecular complexity index is 1040. The third-order valence-electron chi connectivity index (χ3n) is 4.11. The van der Waals surface area contributed by atoms with Crippen molar-refractivity contribution in [3.8, 4) is 11.5 Å². The maximum absolute atomic E-state index is 10.8. The molecular weight excluding hydrogens is 388 g/mol. The highest BCUT2D eigenvalue weighted by atomic mass is 16.5. The summed E-state index contributed by atoms with van der Waals surface area (Å²) in [6.07, 6.45) is 2.79. The van der Waals surface area contributed by atoms with Gasteiger partial charge in [-0.1, -0.05) is 12.1 Å². The number of carboxylic acid groups (broad SMARTS) is 1. The largest absolute Gasteiger partial charge is 0.497 e. The average Bonchev–Trinajstić information content (AvgIpc) is 3.10. The van der Waals surface area contributed by atoms with Gasteiger partial charge in [-0.05, 0) is 42.3 Å². The van der Waals surface area contributed by atoms with Gasteiger partial charge in [0.15, 0.2) is 0 Å². The molecule has 0 fully saturated rings. The van der Waals surface area contributed by atoms with E-state index in [0.29, 0.717) is 6.54 Å². The van der Waals surface area contributed by atoms with E-state index in [2.05, 4.69) is 15.0 Å². The molecule has 0 radical (unpaired) electrons. The summed E-state index contributed by atoms with van der Waals surface area (Å²) >= 11 is 0. The summed E-state index contributed by atoms with van der Waals surface area (Å²) in [6.45, 7) is 3.40. The molecule has 8 heteroatoms. The Hall–Kier alpha value is -3.81. The van der Waals surface area contributed by atoms with Crippen LogP contribution in [0.2, 0.25) is 0 Å². The number of aromatic nitrogens is 1. The van der Waals surface area contributed by atoms with Crippen molar-refractivity contribution in [2.45, 2.75) is 20.3 Å². The number of esters is 1. The summed E-state index contributed by atoms with van der Waals surface area (Å²) in [5.41, 5.74) is 2.26. The Balaban J connectivity index is 0.000000222. The number of fused-ring (bicyclic) bond motifs is 1. The minimum absolute atomic E-state index is 0.00224. The molecule has 1 aromatic heterocycles. The molecule has 30 heavy (non-hydrogen) atoms. The normalized spacial score (nSPS) is 9.97. The lowest BCUT2D eigenvalue weighted by Gasteiger charge is -2.03. The first-order valence-corrected chi connectivity index (χ1v) is 9.21. The summed E-state index contributed by atoms with van der Waals surface area (Å²) in [7, 11) is 1.66. The van der Waals surface area contributed by atoms with Crippen molar-refractivity contribution in [2.75, 3.05) is 13.7 Å². The molecular formula is C22H24N2O6. The van der Waals surface area contributed by atoms with Crippen LogP contribution < -0.4 is 14.8 Å². The fourth-order valence-corrected chi connectivity index (χ4v) is 2.75. The number of rotatable bonds is 6. The zero-order valence-corrected chi connectivity index (χ0v) is 17.0. The van der Waals surface area contributed by atoms with E-state index in [1.54, 1.807) is 19.2 Å². The van der Waals surface area contributed by atoms with Crippen LogP contribution >= 0.6 is 0 Å². The Morgan fingerprint density at radius 1 is 1.10 bits per heavy atom. The van der Waals surface area contributed by atoms with Crippen LogP contribution in [0.15, 0.2) is 48.7 Å². The van der Waals surface area contributed by atoms with Crippen molar-refractivity contribution < 1.29 is 29.0 Å². The van der Waals surface area contributed by atoms with Gasteiger partial charge in [0.2, 0.25) is 5.91 Å². The van der Waals surface area contributed by atoms with E-state index in [4.69, 9.17) is 9.84 Å². The number of methoxy groups -OCH3 is 1. The summed E-state index contributed by atoms with van der Waals surface area (Å²) < 4.78 is 9.89. The van der Waals surface area contributed by atoms with E-state index in [1.165, 1.54) is 31.5 Å². The standard InChI is InChI=1S/C13H16N2O2.C9H8O4/c1-9(16)14-6-5-10-8-15-13-4-3-11(17-2)7-12(10)13;1-6(10)13-8-5-3-2-4-7(8)9(11)12/h3-4,7-8,15H,5-6H2,1-2H3,(H,14,16);2-5H,1H3,(H,11,12). The van der Waals surface area contributed by atoms with E-state index in [9.17, 15) is 14.4 Å². The number of carboxylic acids is 1. The van der Waals surface area contributed by atoms with Gasteiger partial charge >= 0.3 is 11.9 Å². The first kappa shape index (κ1) is 22.5. The van der Waals surface area contributed by atoms with Crippen molar-refractivity contribution in [2.24, 2.45) is 0 Å². The van der Waals surface area contributed by atoms with Gasteiger partial charge in [-0.3, -0.25) is 9.59 Å². The van der Waals surface area contributed by atoms with E-state index in [1.807, 2.05) is 24.4 Å². The first-order valence-electron chi connectivity index (χ1n) is 9.21. The Morgan fingerprint density at radius 2 is 1.83 bits per heavy atom. The predicted octanol–water partition coefficient (Wildman–Crippen LogP) is 3.17. The minimum atomic E-state index is -1.11. The number of amides is 1. The molecule has 8 nitrogen and oxygen atoms in total. The summed E-state index contributed by atoms with van der Waals surface area (Å²) in [5, 5.41) is 12.6. The van der Waals surface area contributed by atoms with Gasteiger partial charge in [0.25, 0.3) is 0 Å². The minimum Gasteiger partial charge on any atom is -0.497 e. The molecule has 0 aliphatic rings. The van der Waals surface area contributed by atoms with Crippen molar-refractivity contribution >= 4 is 28.7 Å². The number of hydrogen-bond acceptors (Lipinski definition) is 5. The second kappa shape index (κ2) is 10.7. The second-order valence-corrected chi connectivity index (χ2v) is 6.35. The summed E-state index contributed by atoms with van der Waals surface area (Å²) in [5.74, 6) is -0.728. The molecule has 0 bridgehead atoms. The van der Waals surface area contributed by atoms with Gasteiger partial charge in [0, 0.05) is 37.5 Å². The molecule has 1 amide bonds. The number of nitrogens with one attached hydrogen (secondary N) is 2. The van der Waals surface area contributed by atoms with Crippen LogP contribution in [0.1, 0.15) is 29.8 Å². The third-order valence-corrected chi connectivity index (χ3v) is 4.11. The zero-order valence-electron chi connectivity index (χ0n) is 17.0. The molecule has 2 aromatic carbocycles. The van der Waals surface area contributed by atoms with Gasteiger partial charge < -0.3 is 24.9 Å². The van der Waals surface area contributed by atoms with Crippen molar-refractivity contribution in [3.05, 3.63) is 59.8 Å². The Labute approximate surface area is 173 Å². The fourth-order valence-electron chi connectivity index (χ4n) is 2.75. The number of aromatic carboxylic acids is 1. The molecule has 0 saturated heterocycles. The number of benzene rings is 2. The predicted molar refractivity (Wildman–Crippen MR) is 112 cm³/mol. The maximum Gasteiger partial charge on any atom is 0.339 e. The van der Waals surface area contributed by atoms with Crippen LogP contribution in [0.25, 0.3) is 10.9 Å². The van der Waals surface area contributed by atoms with Gasteiger partial charge in [0.1, 0.15) is 17.1 Å². The number of para-hydroxylation sites is 1. The van der Waals surface area contributed by atoms with Crippen molar-refractivity contribution in [1.82, 2.24) is 10.3 Å². The molecule has 158 valence electrons. The van der Waals surface area contributed by atoms with Crippen LogP contribution in [-0.2, 0) is 16.0 Å². The zero-order chi connectivity index (χ0) is 22.1. The number of carbonyl (C=O) groups is 3. The molecule has 0 saturated carbocycles. The third kappa shape index (κ3) is 6.37. The molecule has 1 heterocycles. The monoisotopic (exact) mass is 412 g/mol. The molecule has 0 spiro atoms. The molecule has 0 aliphatic carbocycles. The lowest BCUT2D eigenvalue weighted by Crippen LogP contribution is -2.22. The van der Waals surface area contributed by atoms with Crippen LogP contribution in [0.3, 0.4) is 0 Å². The first-order chi connectivity index (χ1) is 14.3. The number of carbonyl (C=O) groups excluding carboxylic acids is 2. The van der Waals surface area contributed by atoms with E-state index >= 15 is 0 Å². The molecule has 3 aromatic rings. The molecule has 3 rings (SSSR count). The highest BCUT2D eigenvalue weighted by molar-refractivity contribution is 5.91. The molecule has 0 atom stereocenters. The second-order valence-electron chi connectivity index (χ2n) is 6.35. The maximum atomic E-state index is 10.8. The molecule has 3 N–H and O–H groups in total. The lowest BCUT2D eigenvalue weighted by molar-refractivity contribution is -0.131. The van der Waals surface area contributed by atoms with Gasteiger partial charge in [-0.15, -0.1) is 0 Å². The topological polar surface area (TPSA) is 118 Å². The Morgan fingerprint density at radius 3 is 2.47 bits per heavy atom. The van der Waals surface area contributed by atoms with Gasteiger partial charge in [0.05, 0.1) is 7.11 Å². The smallest absolute Gasteiger partial charge is 0.339 e. The molecule has 0 aliphatic heterocycles. The van der Waals surface area contributed by atoms with Crippen molar-refractivity contribution in [3.63, 3.8) is 0 Å².